The fourth-order valence-corrected chi connectivity index (χ4v) is 2.97. The van der Waals surface area contributed by atoms with Crippen LogP contribution in [0.4, 0.5) is 0 Å². The molecule has 1 aliphatic rings. The minimum Gasteiger partial charge on any atom is -0.503 e. The van der Waals surface area contributed by atoms with Gasteiger partial charge < -0.3 is 14.7 Å². The highest BCUT2D eigenvalue weighted by molar-refractivity contribution is 6.42. The first-order valence-electron chi connectivity index (χ1n) is 7.51. The minimum absolute atomic E-state index is 0.0875. The Balaban J connectivity index is 2.55. The Morgan fingerprint density at radius 1 is 1.33 bits per heavy atom. The molecule has 0 aromatic heterocycles. The first-order chi connectivity index (χ1) is 11.3. The number of hydrogen-bond donors (Lipinski definition) is 1. The van der Waals surface area contributed by atoms with Crippen LogP contribution in [0.2, 0.25) is 10.0 Å². The molecule has 1 heterocycles. The SMILES string of the molecule is COCCN1C(=O)C(O)=C(C(=O)C(C)C)C1c1ccc(Cl)c(Cl)c1. The van der Waals surface area contributed by atoms with E-state index in [4.69, 9.17) is 27.9 Å². The summed E-state index contributed by atoms with van der Waals surface area (Å²) in [4.78, 5) is 26.4. The van der Waals surface area contributed by atoms with Gasteiger partial charge in [-0.05, 0) is 17.7 Å². The third kappa shape index (κ3) is 3.43. The van der Waals surface area contributed by atoms with Gasteiger partial charge in [0.05, 0.1) is 28.3 Å². The molecule has 130 valence electrons. The zero-order valence-electron chi connectivity index (χ0n) is 13.7. The zero-order valence-corrected chi connectivity index (χ0v) is 15.2. The second-order valence-corrected chi connectivity index (χ2v) is 6.66. The van der Waals surface area contributed by atoms with E-state index in [0.717, 1.165) is 0 Å². The van der Waals surface area contributed by atoms with Gasteiger partial charge in [0.2, 0.25) is 0 Å². The number of carbonyl (C=O) groups excluding carboxylic acids is 2. The molecule has 0 radical (unpaired) electrons. The average molecular weight is 372 g/mol. The lowest BCUT2D eigenvalue weighted by molar-refractivity contribution is -0.130. The number of ether oxygens (including phenoxy) is 1. The van der Waals surface area contributed by atoms with E-state index in [2.05, 4.69) is 0 Å². The lowest BCUT2D eigenvalue weighted by Crippen LogP contribution is -2.34. The third-order valence-electron chi connectivity index (χ3n) is 3.89. The molecule has 0 spiro atoms. The minimum atomic E-state index is -0.711. The number of nitrogens with zero attached hydrogens (tertiary/aromatic N) is 1. The van der Waals surface area contributed by atoms with E-state index < -0.39 is 17.7 Å². The van der Waals surface area contributed by atoms with Crippen molar-refractivity contribution in [3.63, 3.8) is 0 Å². The number of rotatable bonds is 6. The second-order valence-electron chi connectivity index (χ2n) is 5.85. The predicted molar refractivity (Wildman–Crippen MR) is 92.3 cm³/mol. The second kappa shape index (κ2) is 7.55. The highest BCUT2D eigenvalue weighted by atomic mass is 35.5. The van der Waals surface area contributed by atoms with Gasteiger partial charge in [-0.15, -0.1) is 0 Å². The molecule has 5 nitrogen and oxygen atoms in total. The molecule has 0 fully saturated rings. The van der Waals surface area contributed by atoms with E-state index in [1.54, 1.807) is 32.0 Å². The number of carbonyl (C=O) groups is 2. The van der Waals surface area contributed by atoms with Crippen LogP contribution in [0.25, 0.3) is 0 Å². The van der Waals surface area contributed by atoms with Crippen LogP contribution in [0.15, 0.2) is 29.5 Å². The van der Waals surface area contributed by atoms with Crippen molar-refractivity contribution in [2.75, 3.05) is 20.3 Å². The zero-order chi connectivity index (χ0) is 18.0. The predicted octanol–water partition coefficient (Wildman–Crippen LogP) is 3.56. The van der Waals surface area contributed by atoms with Crippen LogP contribution < -0.4 is 0 Å². The van der Waals surface area contributed by atoms with Crippen LogP contribution in [0, 0.1) is 5.92 Å². The Labute approximate surface area is 150 Å². The first-order valence-corrected chi connectivity index (χ1v) is 8.27. The number of methoxy groups -OCH3 is 1. The summed E-state index contributed by atoms with van der Waals surface area (Å²) < 4.78 is 5.03. The van der Waals surface area contributed by atoms with Gasteiger partial charge in [-0.2, -0.15) is 0 Å². The Bertz CT molecular complexity index is 700. The molecule has 1 aromatic carbocycles. The van der Waals surface area contributed by atoms with E-state index in [1.807, 2.05) is 0 Å². The quantitative estimate of drug-likeness (QED) is 0.829. The molecule has 24 heavy (non-hydrogen) atoms. The molecular formula is C17H19Cl2NO4. The highest BCUT2D eigenvalue weighted by Gasteiger charge is 2.43. The van der Waals surface area contributed by atoms with Crippen molar-refractivity contribution in [1.82, 2.24) is 4.90 Å². The summed E-state index contributed by atoms with van der Waals surface area (Å²) in [5.41, 5.74) is 0.700. The topological polar surface area (TPSA) is 66.8 Å². The average Bonchev–Trinajstić information content (AvgIpc) is 2.79. The van der Waals surface area contributed by atoms with Gasteiger partial charge in [0, 0.05) is 19.6 Å². The molecule has 1 atom stereocenters. The number of hydrogen-bond acceptors (Lipinski definition) is 4. The fraction of sp³-hybridized carbons (Fsp3) is 0.412. The fourth-order valence-electron chi connectivity index (χ4n) is 2.67. The third-order valence-corrected chi connectivity index (χ3v) is 4.63. The van der Waals surface area contributed by atoms with Gasteiger partial charge >= 0.3 is 0 Å². The number of amides is 1. The van der Waals surface area contributed by atoms with Crippen molar-refractivity contribution in [3.05, 3.63) is 45.1 Å². The summed E-state index contributed by atoms with van der Waals surface area (Å²) in [5, 5.41) is 11.0. The number of halogens is 2. The largest absolute Gasteiger partial charge is 0.503 e. The van der Waals surface area contributed by atoms with Crippen LogP contribution in [0.1, 0.15) is 25.5 Å². The van der Waals surface area contributed by atoms with E-state index in [9.17, 15) is 14.7 Å². The molecule has 1 aromatic rings. The maximum atomic E-state index is 12.6. The lowest BCUT2D eigenvalue weighted by Gasteiger charge is -2.27. The maximum Gasteiger partial charge on any atom is 0.290 e. The van der Waals surface area contributed by atoms with E-state index in [-0.39, 0.29) is 30.4 Å². The van der Waals surface area contributed by atoms with E-state index in [0.29, 0.717) is 15.6 Å². The van der Waals surface area contributed by atoms with Crippen LogP contribution in [-0.2, 0) is 14.3 Å². The molecule has 1 N–H and O–H groups in total. The Kier molecular flexibility index (Phi) is 5.91. The van der Waals surface area contributed by atoms with Crippen molar-refractivity contribution in [1.29, 1.82) is 0 Å². The molecule has 1 aliphatic heterocycles. The molecule has 0 bridgehead atoms. The van der Waals surface area contributed by atoms with Crippen molar-refractivity contribution in [2.45, 2.75) is 19.9 Å². The van der Waals surface area contributed by atoms with E-state index in [1.165, 1.54) is 12.0 Å². The smallest absolute Gasteiger partial charge is 0.290 e. The summed E-state index contributed by atoms with van der Waals surface area (Å²) in [6.07, 6.45) is 0. The summed E-state index contributed by atoms with van der Waals surface area (Å²) in [5.74, 6) is -1.74. The van der Waals surface area contributed by atoms with E-state index >= 15 is 0 Å². The molecule has 7 heteroatoms. The summed E-state index contributed by atoms with van der Waals surface area (Å²) in [7, 11) is 1.52. The van der Waals surface area contributed by atoms with Gasteiger partial charge in [0.15, 0.2) is 11.5 Å². The number of Topliss-reactive ketones (excluding diaryl/α,β-unsaturated/α-hetero) is 1. The van der Waals surface area contributed by atoms with Crippen molar-refractivity contribution in [3.8, 4) is 0 Å². The molecule has 0 aliphatic carbocycles. The Morgan fingerprint density at radius 3 is 2.54 bits per heavy atom. The van der Waals surface area contributed by atoms with Crippen LogP contribution in [-0.4, -0.2) is 42.0 Å². The molecule has 1 unspecified atom stereocenters. The van der Waals surface area contributed by atoms with Crippen LogP contribution >= 0.6 is 23.2 Å². The van der Waals surface area contributed by atoms with Crippen molar-refractivity contribution in [2.24, 2.45) is 5.92 Å². The molecular weight excluding hydrogens is 353 g/mol. The van der Waals surface area contributed by atoms with Gasteiger partial charge in [0.25, 0.3) is 5.91 Å². The number of aliphatic hydroxyl groups excluding tert-OH is 1. The normalized spacial score (nSPS) is 18.0. The molecule has 0 saturated carbocycles. The summed E-state index contributed by atoms with van der Waals surface area (Å²) in [6.45, 7) is 3.95. The monoisotopic (exact) mass is 371 g/mol. The van der Waals surface area contributed by atoms with Crippen LogP contribution in [0.3, 0.4) is 0 Å². The summed E-state index contributed by atoms with van der Waals surface area (Å²) in [6, 6.07) is 4.19. The van der Waals surface area contributed by atoms with Gasteiger partial charge in [-0.3, -0.25) is 9.59 Å². The van der Waals surface area contributed by atoms with Gasteiger partial charge in [-0.1, -0.05) is 43.1 Å². The number of benzene rings is 1. The first kappa shape index (κ1) is 18.8. The Hall–Kier alpha value is -1.56. The molecule has 1 amide bonds. The number of aliphatic hydroxyl groups is 1. The van der Waals surface area contributed by atoms with Crippen LogP contribution in [0.5, 0.6) is 0 Å². The standard InChI is InChI=1S/C17H19Cl2NO4/c1-9(2)15(21)13-14(10-4-5-11(18)12(19)8-10)20(6-7-24-3)17(23)16(13)22/h4-5,8-9,14,22H,6-7H2,1-3H3. The highest BCUT2D eigenvalue weighted by Crippen LogP contribution is 2.40. The van der Waals surface area contributed by atoms with Crippen molar-refractivity contribution < 1.29 is 19.4 Å². The maximum absolute atomic E-state index is 12.6. The van der Waals surface area contributed by atoms with Crippen molar-refractivity contribution >= 4 is 34.9 Å². The summed E-state index contributed by atoms with van der Waals surface area (Å²) >= 11 is 12.0. The van der Waals surface area contributed by atoms with Gasteiger partial charge in [0.1, 0.15) is 0 Å². The molecule has 0 saturated heterocycles. The lowest BCUT2D eigenvalue weighted by atomic mass is 9.91. The molecule has 2 rings (SSSR count). The number of ketones is 1. The van der Waals surface area contributed by atoms with Gasteiger partial charge in [-0.25, -0.2) is 0 Å². The Morgan fingerprint density at radius 2 is 2.00 bits per heavy atom.